The van der Waals surface area contributed by atoms with Crippen LogP contribution in [-0.2, 0) is 21.0 Å². The Bertz CT molecular complexity index is 890. The summed E-state index contributed by atoms with van der Waals surface area (Å²) in [6.45, 7) is 1.65. The maximum absolute atomic E-state index is 12.5. The molecule has 11 heteroatoms. The number of nitrogens with zero attached hydrogens (tertiary/aromatic N) is 2. The van der Waals surface area contributed by atoms with Crippen LogP contribution in [0.2, 0.25) is 0 Å². The van der Waals surface area contributed by atoms with E-state index in [0.717, 1.165) is 0 Å². The van der Waals surface area contributed by atoms with E-state index < -0.39 is 26.4 Å². The van der Waals surface area contributed by atoms with Gasteiger partial charge in [-0.2, -0.15) is 0 Å². The van der Waals surface area contributed by atoms with Crippen LogP contribution in [0.25, 0.3) is 5.69 Å². The predicted octanol–water partition coefficient (Wildman–Crippen LogP) is -2.38. The molecule has 2 rings (SSSR count). The summed E-state index contributed by atoms with van der Waals surface area (Å²) in [5.41, 5.74) is 0.729. The van der Waals surface area contributed by atoms with Crippen molar-refractivity contribution in [2.24, 2.45) is 7.05 Å². The molecule has 1 amide bonds. The van der Waals surface area contributed by atoms with Crippen LogP contribution in [0.15, 0.2) is 35.1 Å². The Labute approximate surface area is 164 Å². The topological polar surface area (TPSA) is 113 Å². The van der Waals surface area contributed by atoms with E-state index >= 15 is 0 Å². The Kier molecular flexibility index (Phi) is 7.32. The molecule has 1 heterocycles. The zero-order valence-electron chi connectivity index (χ0n) is 13.3. The molecule has 0 unspecified atom stereocenters. The van der Waals surface area contributed by atoms with Gasteiger partial charge in [-0.25, -0.2) is 13.1 Å². The number of amides is 1. The van der Waals surface area contributed by atoms with Crippen molar-refractivity contribution in [2.75, 3.05) is 11.1 Å². The van der Waals surface area contributed by atoms with Gasteiger partial charge >= 0.3 is 29.6 Å². The van der Waals surface area contributed by atoms with Crippen molar-refractivity contribution in [2.45, 2.75) is 6.92 Å². The molecule has 0 bridgehead atoms. The number of hydrogen-bond donors (Lipinski definition) is 1. The molecule has 0 aliphatic rings. The van der Waals surface area contributed by atoms with E-state index in [9.17, 15) is 22.6 Å². The number of carbonyl (C=O) groups is 1. The predicted molar refractivity (Wildman–Crippen MR) is 86.5 cm³/mol. The summed E-state index contributed by atoms with van der Waals surface area (Å²) in [7, 11) is -2.93. The van der Waals surface area contributed by atoms with E-state index in [4.69, 9.17) is 0 Å². The molecule has 1 aromatic carbocycles. The molecule has 0 aliphatic carbocycles. The molecule has 0 saturated carbocycles. The van der Waals surface area contributed by atoms with Gasteiger partial charge in [-0.15, -0.1) is 0 Å². The Morgan fingerprint density at radius 3 is 2.42 bits per heavy atom. The number of rotatable bonds is 5. The van der Waals surface area contributed by atoms with E-state index in [1.54, 1.807) is 42.9 Å². The first-order valence-corrected chi connectivity index (χ1v) is 9.36. The van der Waals surface area contributed by atoms with Crippen LogP contribution in [-0.4, -0.2) is 34.0 Å². The van der Waals surface area contributed by atoms with Crippen LogP contribution >= 0.6 is 10.8 Å². The summed E-state index contributed by atoms with van der Waals surface area (Å²) in [6.07, 6.45) is 0. The molecule has 124 valence electrons. The third-order valence-electron chi connectivity index (χ3n) is 3.15. The van der Waals surface area contributed by atoms with Gasteiger partial charge in [-0.1, -0.05) is 18.2 Å². The first-order chi connectivity index (χ1) is 10.7. The molecule has 1 aromatic heterocycles. The summed E-state index contributed by atoms with van der Waals surface area (Å²) in [5.74, 6) is -1.31. The van der Waals surface area contributed by atoms with Gasteiger partial charge in [0.05, 0.1) is 17.1 Å². The summed E-state index contributed by atoms with van der Waals surface area (Å²) in [5, 5.41) is 2.36. The largest absolute Gasteiger partial charge is 1.00 e. The van der Waals surface area contributed by atoms with Crippen molar-refractivity contribution in [3.63, 3.8) is 0 Å². The SMILES string of the molecule is Cc1c(NC(=O)CSS(=O)(=O)[O-])c(=O)n(-c2ccccc2)n1C.[Na+]. The van der Waals surface area contributed by atoms with Crippen LogP contribution in [0.3, 0.4) is 0 Å². The van der Waals surface area contributed by atoms with Crippen LogP contribution in [0, 0.1) is 6.92 Å². The number of nitrogens with one attached hydrogen (secondary N) is 1. The number of para-hydroxylation sites is 1. The quantitative estimate of drug-likeness (QED) is 0.353. The molecule has 0 atom stereocenters. The van der Waals surface area contributed by atoms with Gasteiger partial charge in [0, 0.05) is 7.05 Å². The molecule has 24 heavy (non-hydrogen) atoms. The van der Waals surface area contributed by atoms with Gasteiger partial charge in [0.2, 0.25) is 5.91 Å². The van der Waals surface area contributed by atoms with Crippen molar-refractivity contribution in [3.8, 4) is 5.69 Å². The molecule has 0 spiro atoms. The van der Waals surface area contributed by atoms with Crippen LogP contribution in [0.5, 0.6) is 0 Å². The summed E-state index contributed by atoms with van der Waals surface area (Å²) in [4.78, 5) is 24.2. The van der Waals surface area contributed by atoms with Gasteiger partial charge < -0.3 is 9.87 Å². The van der Waals surface area contributed by atoms with Crippen LogP contribution < -0.4 is 40.4 Å². The zero-order chi connectivity index (χ0) is 17.2. The average Bonchev–Trinajstić information content (AvgIpc) is 2.69. The molecule has 0 aliphatic heterocycles. The van der Waals surface area contributed by atoms with Gasteiger partial charge in [0.15, 0.2) is 0 Å². The monoisotopic (exact) mass is 379 g/mol. The molecule has 0 fully saturated rings. The minimum Gasteiger partial charge on any atom is -0.739 e. The van der Waals surface area contributed by atoms with E-state index in [-0.39, 0.29) is 46.0 Å². The molecule has 8 nitrogen and oxygen atoms in total. The Balaban J connectivity index is 0.00000288. The molecular formula is C13H14N3NaO5S2. The van der Waals surface area contributed by atoms with E-state index in [1.807, 2.05) is 6.07 Å². The molecular weight excluding hydrogens is 365 g/mol. The zero-order valence-corrected chi connectivity index (χ0v) is 17.0. The van der Waals surface area contributed by atoms with Crippen LogP contribution in [0.4, 0.5) is 5.69 Å². The van der Waals surface area contributed by atoms with Crippen molar-refractivity contribution < 1.29 is 47.3 Å². The standard InChI is InChI=1S/C13H15N3O5S2.Na/c1-9-12(14-11(17)8-22-23(19,20)21)13(18)16(15(9)2)10-6-4-3-5-7-10;/h3-7H,8H2,1-2H3,(H,14,17)(H,19,20,21);/q;+1/p-1. The second-order valence-electron chi connectivity index (χ2n) is 4.66. The third-order valence-corrected chi connectivity index (χ3v) is 5.04. The summed E-state index contributed by atoms with van der Waals surface area (Å²) in [6, 6.07) is 8.85. The Morgan fingerprint density at radius 1 is 1.29 bits per heavy atom. The van der Waals surface area contributed by atoms with Crippen molar-refractivity contribution in [1.29, 1.82) is 0 Å². The maximum Gasteiger partial charge on any atom is 1.00 e. The minimum atomic E-state index is -4.56. The van der Waals surface area contributed by atoms with E-state index in [0.29, 0.717) is 11.4 Å². The van der Waals surface area contributed by atoms with Gasteiger partial charge in [0.25, 0.3) is 5.56 Å². The van der Waals surface area contributed by atoms with Gasteiger partial charge in [-0.05, 0) is 29.9 Å². The number of benzene rings is 1. The van der Waals surface area contributed by atoms with Gasteiger partial charge in [0.1, 0.15) is 14.8 Å². The van der Waals surface area contributed by atoms with E-state index in [2.05, 4.69) is 5.32 Å². The second kappa shape index (κ2) is 8.37. The molecule has 0 radical (unpaired) electrons. The number of hydrogen-bond acceptors (Lipinski definition) is 6. The van der Waals surface area contributed by atoms with E-state index in [1.165, 1.54) is 4.68 Å². The fourth-order valence-electron chi connectivity index (χ4n) is 2.01. The summed E-state index contributed by atoms with van der Waals surface area (Å²) >= 11 is 0. The minimum absolute atomic E-state index is 0. The Hall–Kier alpha value is -1.04. The number of carbonyl (C=O) groups excluding carboxylic acids is 1. The van der Waals surface area contributed by atoms with Crippen molar-refractivity contribution >= 4 is 31.5 Å². The fraction of sp³-hybridized carbons (Fsp3) is 0.231. The normalized spacial score (nSPS) is 11.0. The third kappa shape index (κ3) is 4.98. The smallest absolute Gasteiger partial charge is 0.739 e. The van der Waals surface area contributed by atoms with Crippen molar-refractivity contribution in [1.82, 2.24) is 9.36 Å². The molecule has 0 saturated heterocycles. The van der Waals surface area contributed by atoms with Gasteiger partial charge in [-0.3, -0.25) is 14.3 Å². The second-order valence-corrected chi connectivity index (χ2v) is 7.93. The first kappa shape index (κ1) is 21.0. The Morgan fingerprint density at radius 2 is 1.88 bits per heavy atom. The number of anilines is 1. The fourth-order valence-corrected chi connectivity index (χ4v) is 3.09. The first-order valence-electron chi connectivity index (χ1n) is 6.45. The van der Waals surface area contributed by atoms with Crippen LogP contribution in [0.1, 0.15) is 5.69 Å². The maximum atomic E-state index is 12.5. The molecule has 1 N–H and O–H groups in total. The number of aromatic nitrogens is 2. The summed E-state index contributed by atoms with van der Waals surface area (Å²) < 4.78 is 34.5. The molecule has 2 aromatic rings. The average molecular weight is 379 g/mol. The van der Waals surface area contributed by atoms with Crippen molar-refractivity contribution in [3.05, 3.63) is 46.4 Å².